The number of methoxy groups -OCH3 is 1. The van der Waals surface area contributed by atoms with Gasteiger partial charge in [0.1, 0.15) is 6.33 Å². The fourth-order valence-corrected chi connectivity index (χ4v) is 4.48. The highest BCUT2D eigenvalue weighted by Crippen LogP contribution is 2.31. The minimum atomic E-state index is -0.540. The third-order valence-electron chi connectivity index (χ3n) is 6.83. The van der Waals surface area contributed by atoms with E-state index in [1.807, 2.05) is 29.2 Å². The van der Waals surface area contributed by atoms with Crippen molar-refractivity contribution in [2.24, 2.45) is 0 Å². The van der Waals surface area contributed by atoms with Gasteiger partial charge >= 0.3 is 0 Å². The van der Waals surface area contributed by atoms with Gasteiger partial charge in [-0.3, -0.25) is 14.7 Å². The highest BCUT2D eigenvalue weighted by Gasteiger charge is 2.33. The Morgan fingerprint density at radius 3 is 2.58 bits per heavy atom. The average Bonchev–Trinajstić information content (AvgIpc) is 2.89. The fraction of sp³-hybridized carbons (Fsp3) is 0.296. The van der Waals surface area contributed by atoms with Crippen LogP contribution in [0, 0.1) is 5.82 Å². The van der Waals surface area contributed by atoms with Gasteiger partial charge in [0, 0.05) is 60.3 Å². The van der Waals surface area contributed by atoms with Crippen molar-refractivity contribution >= 4 is 16.8 Å². The summed E-state index contributed by atoms with van der Waals surface area (Å²) in [4.78, 5) is 34.8. The number of likely N-dealkylation sites (N-methyl/N-ethyl adjacent to an activating group) is 1. The highest BCUT2D eigenvalue weighted by atomic mass is 19.1. The molecular weight excluding hydrogens is 459 g/mol. The zero-order chi connectivity index (χ0) is 25.4. The fourth-order valence-electron chi connectivity index (χ4n) is 4.48. The van der Waals surface area contributed by atoms with E-state index in [4.69, 9.17) is 4.74 Å². The average molecular weight is 487 g/mol. The number of nitrogens with zero attached hydrogens (tertiary/aromatic N) is 6. The first kappa shape index (κ1) is 23.7. The van der Waals surface area contributed by atoms with Gasteiger partial charge in [0.25, 0.3) is 5.91 Å². The lowest BCUT2D eigenvalue weighted by Crippen LogP contribution is -2.58. The molecule has 0 spiro atoms. The molecule has 5 rings (SSSR count). The van der Waals surface area contributed by atoms with Crippen molar-refractivity contribution in [2.45, 2.75) is 19.4 Å². The van der Waals surface area contributed by atoms with E-state index in [2.05, 4.69) is 45.7 Å². The molecule has 0 bridgehead atoms. The summed E-state index contributed by atoms with van der Waals surface area (Å²) >= 11 is 0. The molecule has 0 atom stereocenters. The maximum atomic E-state index is 14.3. The van der Waals surface area contributed by atoms with Crippen molar-refractivity contribution in [3.05, 3.63) is 66.6 Å². The summed E-state index contributed by atoms with van der Waals surface area (Å²) in [5.41, 5.74) is 3.84. The molecule has 184 valence electrons. The van der Waals surface area contributed by atoms with Gasteiger partial charge in [0.15, 0.2) is 5.82 Å². The second kappa shape index (κ2) is 9.23. The molecule has 9 heteroatoms. The molecule has 1 aliphatic heterocycles. The van der Waals surface area contributed by atoms with Crippen molar-refractivity contribution < 1.29 is 13.9 Å². The molecule has 0 saturated carbocycles. The monoisotopic (exact) mass is 486 g/mol. The van der Waals surface area contributed by atoms with E-state index in [0.717, 1.165) is 23.0 Å². The van der Waals surface area contributed by atoms with Crippen LogP contribution in [0.3, 0.4) is 0 Å². The summed E-state index contributed by atoms with van der Waals surface area (Å²) < 4.78 is 19.2. The Kier molecular flexibility index (Phi) is 6.09. The lowest BCUT2D eigenvalue weighted by Gasteiger charge is -2.45. The van der Waals surface area contributed by atoms with Crippen LogP contribution in [-0.2, 0) is 0 Å². The first-order valence-electron chi connectivity index (χ1n) is 11.7. The molecule has 0 unspecified atom stereocenters. The third-order valence-corrected chi connectivity index (χ3v) is 6.83. The van der Waals surface area contributed by atoms with Gasteiger partial charge in [-0.05, 0) is 50.7 Å². The van der Waals surface area contributed by atoms with Gasteiger partial charge in [-0.2, -0.15) is 0 Å². The molecule has 0 radical (unpaired) electrons. The van der Waals surface area contributed by atoms with E-state index in [1.165, 1.54) is 19.5 Å². The number of hydrogen-bond acceptors (Lipinski definition) is 7. The van der Waals surface area contributed by atoms with Crippen LogP contribution >= 0.6 is 0 Å². The van der Waals surface area contributed by atoms with Crippen molar-refractivity contribution in [1.29, 1.82) is 0 Å². The lowest BCUT2D eigenvalue weighted by atomic mass is 9.98. The Morgan fingerprint density at radius 2 is 1.83 bits per heavy atom. The number of amides is 1. The lowest BCUT2D eigenvalue weighted by molar-refractivity contribution is 0.0311. The highest BCUT2D eigenvalue weighted by molar-refractivity contribution is 5.98. The summed E-state index contributed by atoms with van der Waals surface area (Å²) in [6, 6.07) is 8.81. The second-order valence-corrected chi connectivity index (χ2v) is 9.59. The van der Waals surface area contributed by atoms with Crippen molar-refractivity contribution in [3.8, 4) is 28.3 Å². The molecule has 36 heavy (non-hydrogen) atoms. The molecule has 8 nitrogen and oxygen atoms in total. The number of halogens is 1. The van der Waals surface area contributed by atoms with Crippen LogP contribution < -0.4 is 4.74 Å². The molecule has 4 aromatic rings. The van der Waals surface area contributed by atoms with Crippen LogP contribution in [0.15, 0.2) is 55.2 Å². The standard InChI is InChI=1S/C27H27FN6O2/c1-27(2)15-34(8-7-33(27)3)26(35)20-9-19(12-29-13-20)24-21-10-17(5-6-23(21)31-16-32-24)18-11-22(28)25(36-4)30-14-18/h5-6,9-14,16H,7-8,15H2,1-4H3. The number of ether oxygens (including phenoxy) is 1. The van der Waals surface area contributed by atoms with Crippen LogP contribution in [0.5, 0.6) is 5.88 Å². The largest absolute Gasteiger partial charge is 0.479 e. The number of hydrogen-bond donors (Lipinski definition) is 0. The van der Waals surface area contributed by atoms with Gasteiger partial charge in [0.2, 0.25) is 5.88 Å². The first-order chi connectivity index (χ1) is 17.3. The van der Waals surface area contributed by atoms with Crippen LogP contribution in [0.2, 0.25) is 0 Å². The molecular formula is C27H27FN6O2. The van der Waals surface area contributed by atoms with E-state index in [0.29, 0.717) is 35.5 Å². The maximum absolute atomic E-state index is 14.3. The summed E-state index contributed by atoms with van der Waals surface area (Å²) in [6.07, 6.45) is 6.33. The normalized spacial score (nSPS) is 15.8. The Hall–Kier alpha value is -3.98. The Morgan fingerprint density at radius 1 is 1.00 bits per heavy atom. The number of carbonyl (C=O) groups excluding carboxylic acids is 1. The molecule has 1 amide bonds. The van der Waals surface area contributed by atoms with E-state index < -0.39 is 5.82 Å². The molecule has 3 aromatic heterocycles. The van der Waals surface area contributed by atoms with Crippen LogP contribution in [-0.4, -0.2) is 75.0 Å². The van der Waals surface area contributed by atoms with Gasteiger partial charge in [-0.1, -0.05) is 6.07 Å². The molecule has 0 N–H and O–H groups in total. The Balaban J connectivity index is 1.52. The molecule has 1 aliphatic rings. The predicted molar refractivity (Wildman–Crippen MR) is 135 cm³/mol. The minimum absolute atomic E-state index is 0.0515. The minimum Gasteiger partial charge on any atom is -0.479 e. The molecule has 1 fully saturated rings. The number of benzene rings is 1. The molecule has 4 heterocycles. The van der Waals surface area contributed by atoms with E-state index in [-0.39, 0.29) is 17.3 Å². The SMILES string of the molecule is COc1ncc(-c2ccc3ncnc(-c4cncc(C(=O)N5CCN(C)C(C)(C)C5)c4)c3c2)cc1F. The zero-order valence-electron chi connectivity index (χ0n) is 20.7. The summed E-state index contributed by atoms with van der Waals surface area (Å²) in [5, 5.41) is 0.762. The van der Waals surface area contributed by atoms with E-state index in [1.54, 1.807) is 18.6 Å². The Bertz CT molecular complexity index is 1460. The third kappa shape index (κ3) is 4.37. The summed E-state index contributed by atoms with van der Waals surface area (Å²) in [6.45, 7) is 6.38. The topological polar surface area (TPSA) is 84.3 Å². The zero-order valence-corrected chi connectivity index (χ0v) is 20.7. The summed E-state index contributed by atoms with van der Waals surface area (Å²) in [7, 11) is 3.46. The van der Waals surface area contributed by atoms with Crippen LogP contribution in [0.25, 0.3) is 33.3 Å². The number of carbonyl (C=O) groups is 1. The molecule has 1 aromatic carbocycles. The number of pyridine rings is 2. The molecule has 1 saturated heterocycles. The van der Waals surface area contributed by atoms with Crippen LogP contribution in [0.4, 0.5) is 4.39 Å². The second-order valence-electron chi connectivity index (χ2n) is 9.59. The molecule has 0 aliphatic carbocycles. The van der Waals surface area contributed by atoms with Crippen molar-refractivity contribution in [1.82, 2.24) is 29.7 Å². The van der Waals surface area contributed by atoms with Gasteiger partial charge < -0.3 is 9.64 Å². The Labute approximate surface area is 208 Å². The number of piperazine rings is 1. The van der Waals surface area contributed by atoms with Gasteiger partial charge in [-0.15, -0.1) is 0 Å². The van der Waals surface area contributed by atoms with Gasteiger partial charge in [0.05, 0.1) is 23.9 Å². The van der Waals surface area contributed by atoms with E-state index >= 15 is 0 Å². The van der Waals surface area contributed by atoms with Crippen molar-refractivity contribution in [2.75, 3.05) is 33.8 Å². The summed E-state index contributed by atoms with van der Waals surface area (Å²) in [5.74, 6) is -0.647. The van der Waals surface area contributed by atoms with Crippen molar-refractivity contribution in [3.63, 3.8) is 0 Å². The maximum Gasteiger partial charge on any atom is 0.255 e. The number of rotatable bonds is 4. The predicted octanol–water partition coefficient (Wildman–Crippen LogP) is 4.07. The first-order valence-corrected chi connectivity index (χ1v) is 11.7. The van der Waals surface area contributed by atoms with Crippen LogP contribution in [0.1, 0.15) is 24.2 Å². The number of aromatic nitrogens is 4. The van der Waals surface area contributed by atoms with E-state index in [9.17, 15) is 9.18 Å². The number of fused-ring (bicyclic) bond motifs is 1. The smallest absolute Gasteiger partial charge is 0.255 e. The quantitative estimate of drug-likeness (QED) is 0.430. The van der Waals surface area contributed by atoms with Gasteiger partial charge in [-0.25, -0.2) is 19.3 Å².